The van der Waals surface area contributed by atoms with Gasteiger partial charge >= 0.3 is 0 Å². The molecule has 7 nitrogen and oxygen atoms in total. The lowest BCUT2D eigenvalue weighted by molar-refractivity contribution is -0.115. The van der Waals surface area contributed by atoms with Crippen LogP contribution in [-0.2, 0) is 24.1 Å². The van der Waals surface area contributed by atoms with Gasteiger partial charge in [-0.3, -0.25) is 4.79 Å². The Bertz CT molecular complexity index is 1270. The molecule has 32 heavy (non-hydrogen) atoms. The SMILES string of the molecule is Cc1cnc2nc1Nc1ccc(NC(=O)Cc3ccco3)c(c1)CCc1cccc(c1)N2. The number of fused-ring (bicyclic) bond motifs is 6. The van der Waals surface area contributed by atoms with Crippen molar-refractivity contribution >= 4 is 34.7 Å². The third kappa shape index (κ3) is 4.46. The predicted molar refractivity (Wildman–Crippen MR) is 125 cm³/mol. The van der Waals surface area contributed by atoms with Gasteiger partial charge in [-0.15, -0.1) is 0 Å². The maximum absolute atomic E-state index is 12.6. The minimum Gasteiger partial charge on any atom is -0.469 e. The van der Waals surface area contributed by atoms with Crippen molar-refractivity contribution in [1.29, 1.82) is 0 Å². The highest BCUT2D eigenvalue weighted by molar-refractivity contribution is 5.93. The van der Waals surface area contributed by atoms with Gasteiger partial charge in [-0.2, -0.15) is 4.98 Å². The highest BCUT2D eigenvalue weighted by Gasteiger charge is 2.13. The van der Waals surface area contributed by atoms with E-state index in [0.29, 0.717) is 11.7 Å². The van der Waals surface area contributed by atoms with Crippen molar-refractivity contribution in [2.45, 2.75) is 26.2 Å². The number of rotatable bonds is 3. The van der Waals surface area contributed by atoms with Crippen LogP contribution >= 0.6 is 0 Å². The summed E-state index contributed by atoms with van der Waals surface area (Å²) in [5.74, 6) is 1.80. The Hall–Kier alpha value is -4.13. The molecule has 0 unspecified atom stereocenters. The molecule has 1 aliphatic heterocycles. The Morgan fingerprint density at radius 1 is 1.06 bits per heavy atom. The van der Waals surface area contributed by atoms with Crippen LogP contribution in [0.15, 0.2) is 71.5 Å². The summed E-state index contributed by atoms with van der Waals surface area (Å²) in [5.41, 5.74) is 5.83. The molecule has 1 aliphatic rings. The van der Waals surface area contributed by atoms with Crippen molar-refractivity contribution in [3.63, 3.8) is 0 Å². The molecule has 0 radical (unpaired) electrons. The first-order chi connectivity index (χ1) is 15.6. The fourth-order valence-corrected chi connectivity index (χ4v) is 3.74. The fraction of sp³-hybridized carbons (Fsp3) is 0.160. The molecule has 0 atom stereocenters. The zero-order valence-electron chi connectivity index (χ0n) is 17.7. The first-order valence-electron chi connectivity index (χ1n) is 10.5. The molecule has 0 fully saturated rings. The summed E-state index contributed by atoms with van der Waals surface area (Å²) in [6.07, 6.45) is 5.17. The quantitative estimate of drug-likeness (QED) is 0.421. The molecule has 160 valence electrons. The summed E-state index contributed by atoms with van der Waals surface area (Å²) in [5, 5.41) is 9.73. The molecule has 6 bridgehead atoms. The maximum atomic E-state index is 12.6. The third-order valence-corrected chi connectivity index (χ3v) is 5.39. The number of amides is 1. The van der Waals surface area contributed by atoms with E-state index in [0.717, 1.165) is 46.8 Å². The highest BCUT2D eigenvalue weighted by atomic mass is 16.3. The van der Waals surface area contributed by atoms with Crippen LogP contribution in [0.1, 0.15) is 22.5 Å². The number of nitrogens with zero attached hydrogens (tertiary/aromatic N) is 2. The number of hydrogen-bond acceptors (Lipinski definition) is 6. The summed E-state index contributed by atoms with van der Waals surface area (Å²) < 4.78 is 5.30. The van der Waals surface area contributed by atoms with Gasteiger partial charge in [0.25, 0.3) is 0 Å². The molecule has 0 spiro atoms. The molecule has 3 heterocycles. The molecule has 0 saturated carbocycles. The number of benzene rings is 2. The molecule has 0 saturated heterocycles. The van der Waals surface area contributed by atoms with E-state index < -0.39 is 0 Å². The number of anilines is 5. The average Bonchev–Trinajstić information content (AvgIpc) is 3.29. The first kappa shape index (κ1) is 19.8. The lowest BCUT2D eigenvalue weighted by atomic mass is 10.0. The van der Waals surface area contributed by atoms with Crippen LogP contribution in [0.2, 0.25) is 0 Å². The van der Waals surface area contributed by atoms with E-state index in [1.165, 1.54) is 5.56 Å². The standard InChI is InChI=1S/C25H23N5O2/c1-16-15-26-25-28-19-5-2-4-17(12-19)7-8-18-13-20(27-24(16)30-25)9-10-22(18)29-23(31)14-21-6-3-11-32-21/h2-6,9-13,15H,7-8,14H2,1H3,(H,29,31)(H2,26,27,28,30). The second-order valence-electron chi connectivity index (χ2n) is 7.85. The molecular weight excluding hydrogens is 402 g/mol. The van der Waals surface area contributed by atoms with Crippen LogP contribution < -0.4 is 16.0 Å². The van der Waals surface area contributed by atoms with Crippen molar-refractivity contribution < 1.29 is 9.21 Å². The van der Waals surface area contributed by atoms with E-state index in [1.54, 1.807) is 24.6 Å². The van der Waals surface area contributed by atoms with Crippen molar-refractivity contribution in [1.82, 2.24) is 9.97 Å². The van der Waals surface area contributed by atoms with Gasteiger partial charge in [0.15, 0.2) is 0 Å². The van der Waals surface area contributed by atoms with E-state index in [-0.39, 0.29) is 12.3 Å². The summed E-state index contributed by atoms with van der Waals surface area (Å²) in [7, 11) is 0. The van der Waals surface area contributed by atoms with Gasteiger partial charge in [-0.25, -0.2) is 4.98 Å². The average molecular weight is 425 g/mol. The molecule has 0 aliphatic carbocycles. The third-order valence-electron chi connectivity index (χ3n) is 5.39. The van der Waals surface area contributed by atoms with Crippen LogP contribution in [0.25, 0.3) is 0 Å². The van der Waals surface area contributed by atoms with E-state index in [1.807, 2.05) is 31.2 Å². The lowest BCUT2D eigenvalue weighted by Gasteiger charge is -2.15. The number of furan rings is 1. The van der Waals surface area contributed by atoms with E-state index in [2.05, 4.69) is 44.1 Å². The van der Waals surface area contributed by atoms with Gasteiger partial charge in [0.2, 0.25) is 11.9 Å². The molecule has 3 N–H and O–H groups in total. The van der Waals surface area contributed by atoms with Crippen molar-refractivity contribution in [2.75, 3.05) is 16.0 Å². The lowest BCUT2D eigenvalue weighted by Crippen LogP contribution is -2.15. The molecule has 2 aromatic heterocycles. The Morgan fingerprint density at radius 2 is 1.97 bits per heavy atom. The number of aromatic nitrogens is 2. The van der Waals surface area contributed by atoms with E-state index in [4.69, 9.17) is 4.42 Å². The number of aryl methyl sites for hydroxylation is 3. The monoisotopic (exact) mass is 425 g/mol. The van der Waals surface area contributed by atoms with Crippen molar-refractivity contribution in [3.8, 4) is 0 Å². The topological polar surface area (TPSA) is 92.1 Å². The van der Waals surface area contributed by atoms with Gasteiger partial charge in [0.05, 0.1) is 12.7 Å². The highest BCUT2D eigenvalue weighted by Crippen LogP contribution is 2.28. The Kier molecular flexibility index (Phi) is 5.29. The molecular formula is C25H23N5O2. The normalized spacial score (nSPS) is 12.4. The molecule has 2 aromatic carbocycles. The Labute approximate surface area is 185 Å². The Balaban J connectivity index is 1.49. The molecule has 7 heteroatoms. The zero-order chi connectivity index (χ0) is 21.9. The van der Waals surface area contributed by atoms with Gasteiger partial charge in [-0.05, 0) is 73.4 Å². The summed E-state index contributed by atoms with van der Waals surface area (Å²) in [4.78, 5) is 21.6. The van der Waals surface area contributed by atoms with Crippen LogP contribution in [-0.4, -0.2) is 15.9 Å². The van der Waals surface area contributed by atoms with Gasteiger partial charge in [-0.1, -0.05) is 12.1 Å². The summed E-state index contributed by atoms with van der Waals surface area (Å²) in [6, 6.07) is 17.8. The van der Waals surface area contributed by atoms with E-state index in [9.17, 15) is 4.79 Å². The largest absolute Gasteiger partial charge is 0.469 e. The van der Waals surface area contributed by atoms with Crippen LogP contribution in [0.4, 0.5) is 28.8 Å². The smallest absolute Gasteiger partial charge is 0.232 e. The number of carbonyl (C=O) groups is 1. The van der Waals surface area contributed by atoms with Crippen LogP contribution in [0, 0.1) is 6.92 Å². The minimum atomic E-state index is -0.109. The molecule has 1 amide bonds. The summed E-state index contributed by atoms with van der Waals surface area (Å²) in [6.45, 7) is 1.97. The van der Waals surface area contributed by atoms with Crippen LogP contribution in [0.5, 0.6) is 0 Å². The summed E-state index contributed by atoms with van der Waals surface area (Å²) >= 11 is 0. The van der Waals surface area contributed by atoms with Crippen molar-refractivity contribution in [3.05, 3.63) is 89.5 Å². The minimum absolute atomic E-state index is 0.109. The fourth-order valence-electron chi connectivity index (χ4n) is 3.74. The second kappa shape index (κ2) is 8.55. The zero-order valence-corrected chi connectivity index (χ0v) is 17.7. The Morgan fingerprint density at radius 3 is 2.84 bits per heavy atom. The van der Waals surface area contributed by atoms with E-state index >= 15 is 0 Å². The predicted octanol–water partition coefficient (Wildman–Crippen LogP) is 5.15. The van der Waals surface area contributed by atoms with Gasteiger partial charge in [0, 0.05) is 28.8 Å². The van der Waals surface area contributed by atoms with Gasteiger partial charge in [0.1, 0.15) is 11.6 Å². The van der Waals surface area contributed by atoms with Crippen molar-refractivity contribution in [2.24, 2.45) is 0 Å². The second-order valence-corrected chi connectivity index (χ2v) is 7.85. The van der Waals surface area contributed by atoms with Crippen LogP contribution in [0.3, 0.4) is 0 Å². The molecule has 5 rings (SSSR count). The number of hydrogen-bond donors (Lipinski definition) is 3. The first-order valence-corrected chi connectivity index (χ1v) is 10.5. The number of carbonyl (C=O) groups excluding carboxylic acids is 1. The maximum Gasteiger partial charge on any atom is 0.232 e. The molecule has 4 aromatic rings. The van der Waals surface area contributed by atoms with Gasteiger partial charge < -0.3 is 20.4 Å². The number of nitrogens with one attached hydrogen (secondary N) is 3.